The molecule has 0 spiro atoms. The average Bonchev–Trinajstić information content (AvgIpc) is 3.33. The number of aromatic amines is 1. The zero-order chi connectivity index (χ0) is 29.7. The highest BCUT2D eigenvalue weighted by Gasteiger charge is 2.21. The van der Waals surface area contributed by atoms with Crippen LogP contribution >= 0.6 is 0 Å². The van der Waals surface area contributed by atoms with E-state index in [9.17, 15) is 18.0 Å². The lowest BCUT2D eigenvalue weighted by Gasteiger charge is -2.12. The van der Waals surface area contributed by atoms with Gasteiger partial charge in [0, 0.05) is 35.9 Å². The number of aromatic nitrogens is 2. The Hall–Kier alpha value is -4.32. The molecule has 0 fully saturated rings. The fourth-order valence-electron chi connectivity index (χ4n) is 4.27. The van der Waals surface area contributed by atoms with Crippen molar-refractivity contribution >= 4 is 38.6 Å². The second kappa shape index (κ2) is 12.5. The third kappa shape index (κ3) is 6.71. The van der Waals surface area contributed by atoms with E-state index in [0.717, 1.165) is 16.7 Å². The Kier molecular flexibility index (Phi) is 9.01. The van der Waals surface area contributed by atoms with E-state index in [1.807, 2.05) is 25.1 Å². The Bertz CT molecular complexity index is 1710. The number of benzene rings is 2. The van der Waals surface area contributed by atoms with E-state index in [1.54, 1.807) is 39.1 Å². The van der Waals surface area contributed by atoms with Gasteiger partial charge >= 0.3 is 5.97 Å². The Morgan fingerprint density at radius 3 is 2.44 bits per heavy atom. The number of hydrogen-bond acceptors (Lipinski definition) is 7. The van der Waals surface area contributed by atoms with Gasteiger partial charge in [0.25, 0.3) is 0 Å². The molecule has 4 rings (SSSR count). The van der Waals surface area contributed by atoms with Crippen LogP contribution in [0.2, 0.25) is 0 Å². The van der Waals surface area contributed by atoms with Crippen LogP contribution in [0.5, 0.6) is 0 Å². The van der Waals surface area contributed by atoms with E-state index in [2.05, 4.69) is 31.9 Å². The van der Waals surface area contributed by atoms with Gasteiger partial charge in [-0.05, 0) is 74.9 Å². The van der Waals surface area contributed by atoms with Crippen molar-refractivity contribution < 1.29 is 22.7 Å². The largest absolute Gasteiger partial charge is 0.459 e. The molecule has 0 aliphatic carbocycles. The molecule has 0 saturated heterocycles. The van der Waals surface area contributed by atoms with E-state index in [0.29, 0.717) is 40.1 Å². The van der Waals surface area contributed by atoms with Gasteiger partial charge in [-0.15, -0.1) is 0 Å². The molecular weight excluding hydrogens is 542 g/mol. The predicted octanol–water partition coefficient (Wildman–Crippen LogP) is 4.39. The maximum Gasteiger partial charge on any atom is 0.339 e. The molecule has 0 aliphatic rings. The number of anilines is 1. The number of carbonyl (C=O) groups is 2. The van der Waals surface area contributed by atoms with Crippen LogP contribution in [-0.2, 0) is 19.6 Å². The fourth-order valence-corrected chi connectivity index (χ4v) is 5.30. The Morgan fingerprint density at radius 1 is 1.07 bits per heavy atom. The highest BCUT2D eigenvalue weighted by atomic mass is 32.2. The molecular formula is C30H33N5O5S. The third-order valence-corrected chi connectivity index (χ3v) is 7.80. The van der Waals surface area contributed by atoms with Crippen LogP contribution in [0.15, 0.2) is 72.3 Å². The first-order chi connectivity index (χ1) is 19.5. The molecule has 0 unspecified atom stereocenters. The molecule has 11 heteroatoms. The van der Waals surface area contributed by atoms with Crippen LogP contribution in [0.25, 0.3) is 33.4 Å². The molecule has 0 aliphatic heterocycles. The first-order valence-corrected chi connectivity index (χ1v) is 14.5. The van der Waals surface area contributed by atoms with Crippen molar-refractivity contribution in [3.05, 3.63) is 78.5 Å². The van der Waals surface area contributed by atoms with Crippen molar-refractivity contribution in [3.8, 4) is 22.4 Å². The monoisotopic (exact) mass is 575 g/mol. The maximum absolute atomic E-state index is 12.7. The molecule has 4 aromatic rings. The normalized spacial score (nSPS) is 11.5. The third-order valence-electron chi connectivity index (χ3n) is 6.32. The van der Waals surface area contributed by atoms with Gasteiger partial charge in [-0.2, -0.15) is 0 Å². The van der Waals surface area contributed by atoms with Crippen molar-refractivity contribution in [2.24, 2.45) is 0 Å². The van der Waals surface area contributed by atoms with Gasteiger partial charge in [0.15, 0.2) is 0 Å². The van der Waals surface area contributed by atoms with Gasteiger partial charge in [-0.3, -0.25) is 4.79 Å². The zero-order valence-corrected chi connectivity index (χ0v) is 24.2. The summed E-state index contributed by atoms with van der Waals surface area (Å²) in [7, 11) is -1.93. The van der Waals surface area contributed by atoms with Crippen molar-refractivity contribution in [2.75, 3.05) is 25.5 Å². The second-order valence-corrected chi connectivity index (χ2v) is 11.5. The van der Waals surface area contributed by atoms with Crippen molar-refractivity contribution in [2.45, 2.75) is 31.8 Å². The number of fused-ring (bicyclic) bond motifs is 1. The maximum atomic E-state index is 12.7. The summed E-state index contributed by atoms with van der Waals surface area (Å²) in [5.74, 6) is -0.837. The molecule has 0 atom stereocenters. The van der Waals surface area contributed by atoms with Gasteiger partial charge in [0.05, 0.1) is 22.3 Å². The zero-order valence-electron chi connectivity index (χ0n) is 23.4. The molecule has 0 radical (unpaired) electrons. The van der Waals surface area contributed by atoms with Crippen LogP contribution in [0.3, 0.4) is 0 Å². The summed E-state index contributed by atoms with van der Waals surface area (Å²) in [6.45, 7) is 9.71. The number of aryl methyl sites for hydroxylation is 1. The standard InChI is InChI=1S/C30H33N5O5S/c1-6-26(36)34-25-16-21(8-7-19(25)4)27-24-15-22(30(37)40-18(2)3)17-32-29(24)35-28(27)20-9-11-23(12-10-20)41(38,39)33-14-13-31-5/h6-12,15-18,31,33H,1,13-14H2,2-5H3,(H,32,35)(H,34,36). The van der Waals surface area contributed by atoms with Crippen LogP contribution in [0.1, 0.15) is 29.8 Å². The lowest BCUT2D eigenvalue weighted by atomic mass is 9.97. The van der Waals surface area contributed by atoms with Gasteiger partial charge in [-0.25, -0.2) is 22.9 Å². The minimum Gasteiger partial charge on any atom is -0.459 e. The minimum absolute atomic E-state index is 0.136. The highest BCUT2D eigenvalue weighted by molar-refractivity contribution is 7.89. The predicted molar refractivity (Wildman–Crippen MR) is 160 cm³/mol. The lowest BCUT2D eigenvalue weighted by Crippen LogP contribution is -2.30. The number of H-pyrrole nitrogens is 1. The number of nitrogens with one attached hydrogen (secondary N) is 4. The fraction of sp³-hybridized carbons (Fsp3) is 0.233. The van der Waals surface area contributed by atoms with E-state index in [-0.39, 0.29) is 23.5 Å². The number of ether oxygens (including phenoxy) is 1. The summed E-state index contributed by atoms with van der Waals surface area (Å²) in [5, 5.41) is 6.40. The lowest BCUT2D eigenvalue weighted by molar-refractivity contribution is -0.111. The number of pyridine rings is 1. The van der Waals surface area contributed by atoms with Crippen molar-refractivity contribution in [3.63, 3.8) is 0 Å². The number of nitrogens with zero attached hydrogens (tertiary/aromatic N) is 1. The smallest absolute Gasteiger partial charge is 0.339 e. The van der Waals surface area contributed by atoms with Crippen LogP contribution in [-0.4, -0.2) is 56.5 Å². The molecule has 2 aromatic heterocycles. The minimum atomic E-state index is -3.68. The Morgan fingerprint density at radius 2 is 1.78 bits per heavy atom. The summed E-state index contributed by atoms with van der Waals surface area (Å²) in [4.78, 5) is 32.7. The molecule has 0 saturated carbocycles. The van der Waals surface area contributed by atoms with Gasteiger partial charge in [0.1, 0.15) is 5.65 Å². The summed E-state index contributed by atoms with van der Waals surface area (Å²) < 4.78 is 33.3. The number of hydrogen-bond donors (Lipinski definition) is 4. The van der Waals surface area contributed by atoms with E-state index >= 15 is 0 Å². The van der Waals surface area contributed by atoms with E-state index in [4.69, 9.17) is 4.74 Å². The molecule has 4 N–H and O–H groups in total. The molecule has 0 bridgehead atoms. The first-order valence-electron chi connectivity index (χ1n) is 13.1. The molecule has 214 valence electrons. The first kappa shape index (κ1) is 29.7. The molecule has 1 amide bonds. The van der Waals surface area contributed by atoms with E-state index in [1.165, 1.54) is 24.4 Å². The summed E-state index contributed by atoms with van der Waals surface area (Å²) >= 11 is 0. The number of rotatable bonds is 11. The van der Waals surface area contributed by atoms with Crippen LogP contribution < -0.4 is 15.4 Å². The number of esters is 1. The highest BCUT2D eigenvalue weighted by Crippen LogP contribution is 2.39. The van der Waals surface area contributed by atoms with E-state index < -0.39 is 16.0 Å². The van der Waals surface area contributed by atoms with Gasteiger partial charge in [0.2, 0.25) is 15.9 Å². The van der Waals surface area contributed by atoms with Crippen LogP contribution in [0.4, 0.5) is 5.69 Å². The molecule has 41 heavy (non-hydrogen) atoms. The summed E-state index contributed by atoms with van der Waals surface area (Å²) in [6, 6.07) is 13.8. The van der Waals surface area contributed by atoms with Crippen LogP contribution in [0, 0.1) is 6.92 Å². The number of amides is 1. The Labute approximate surface area is 239 Å². The second-order valence-electron chi connectivity index (χ2n) is 9.70. The number of carbonyl (C=O) groups excluding carboxylic acids is 2. The molecule has 10 nitrogen and oxygen atoms in total. The quantitative estimate of drug-likeness (QED) is 0.118. The average molecular weight is 576 g/mol. The Balaban J connectivity index is 1.87. The summed E-state index contributed by atoms with van der Waals surface area (Å²) in [5.41, 5.74) is 5.11. The molecule has 2 heterocycles. The number of sulfonamides is 1. The van der Waals surface area contributed by atoms with Gasteiger partial charge in [-0.1, -0.05) is 30.8 Å². The number of likely N-dealkylation sites (N-methyl/N-ethyl adjacent to an activating group) is 1. The SMILES string of the molecule is C=CC(=O)Nc1cc(-c2c(-c3ccc(S(=O)(=O)NCCNC)cc3)[nH]c3ncc(C(=O)OC(C)C)cc23)ccc1C. The van der Waals surface area contributed by atoms with Crippen molar-refractivity contribution in [1.82, 2.24) is 20.0 Å². The topological polar surface area (TPSA) is 142 Å². The molecule has 2 aromatic carbocycles. The van der Waals surface area contributed by atoms with Crippen molar-refractivity contribution in [1.29, 1.82) is 0 Å². The van der Waals surface area contributed by atoms with Gasteiger partial charge < -0.3 is 20.4 Å². The summed E-state index contributed by atoms with van der Waals surface area (Å²) in [6.07, 6.45) is 2.35.